The number of ether oxygens (including phenoxy) is 1. The van der Waals surface area contributed by atoms with E-state index in [1.165, 1.54) is 16.4 Å². The van der Waals surface area contributed by atoms with Gasteiger partial charge in [-0.05, 0) is 31.4 Å². The Morgan fingerprint density at radius 3 is 2.73 bits per heavy atom. The van der Waals surface area contributed by atoms with Crippen LogP contribution in [-0.4, -0.2) is 25.0 Å². The normalized spacial score (nSPS) is 11.0. The van der Waals surface area contributed by atoms with E-state index in [-0.39, 0.29) is 6.61 Å². The van der Waals surface area contributed by atoms with Crippen LogP contribution < -0.4 is 10.6 Å². The Kier molecular flexibility index (Phi) is 5.77. The number of thioether (sulfide) groups is 1. The summed E-state index contributed by atoms with van der Waals surface area (Å²) in [6.07, 6.45) is 1.79. The molecule has 0 aliphatic heterocycles. The molecule has 2 aromatic heterocycles. The minimum Gasteiger partial charge on any atom is -0.485 e. The maximum atomic E-state index is 6.08. The molecule has 2 N–H and O–H groups in total. The molecule has 0 fully saturated rings. The molecule has 0 aliphatic carbocycles. The van der Waals surface area contributed by atoms with Gasteiger partial charge in [-0.3, -0.25) is 0 Å². The summed E-state index contributed by atoms with van der Waals surface area (Å²) in [6.45, 7) is 6.34. The first-order valence-corrected chi connectivity index (χ1v) is 9.39. The predicted octanol–water partition coefficient (Wildman–Crippen LogP) is 2.82. The van der Waals surface area contributed by atoms with Gasteiger partial charge in [0.05, 0.1) is 5.75 Å². The van der Waals surface area contributed by atoms with Crippen molar-refractivity contribution in [1.82, 2.24) is 25.0 Å². The summed E-state index contributed by atoms with van der Waals surface area (Å²) in [7, 11) is 0. The van der Waals surface area contributed by atoms with E-state index in [4.69, 9.17) is 15.1 Å². The molecule has 3 rings (SSSR count). The smallest absolute Gasteiger partial charge is 0.237 e. The molecule has 0 amide bonds. The number of hydrogen-bond donors (Lipinski definition) is 1. The summed E-state index contributed by atoms with van der Waals surface area (Å²) < 4.78 is 12.5. The first-order chi connectivity index (χ1) is 12.6. The van der Waals surface area contributed by atoms with Crippen molar-refractivity contribution in [2.75, 3.05) is 5.84 Å². The number of para-hydroxylation sites is 1. The zero-order valence-electron chi connectivity index (χ0n) is 15.1. The first kappa shape index (κ1) is 18.2. The Morgan fingerprint density at radius 1 is 1.23 bits per heavy atom. The molecule has 0 spiro atoms. The maximum Gasteiger partial charge on any atom is 0.237 e. The fraction of sp³-hybridized carbons (Fsp3) is 0.412. The predicted molar refractivity (Wildman–Crippen MR) is 98.3 cm³/mol. The average molecular weight is 374 g/mol. The molecule has 26 heavy (non-hydrogen) atoms. The van der Waals surface area contributed by atoms with Gasteiger partial charge in [-0.15, -0.1) is 10.2 Å². The molecular formula is C17H22N6O2S. The summed E-state index contributed by atoms with van der Waals surface area (Å²) in [6, 6.07) is 6.02. The molecule has 138 valence electrons. The van der Waals surface area contributed by atoms with E-state index < -0.39 is 0 Å². The number of nitrogen functional groups attached to an aromatic ring is 1. The molecule has 0 saturated heterocycles. The zero-order chi connectivity index (χ0) is 18.5. The number of nitrogens with zero attached hydrogens (tertiary/aromatic N) is 5. The van der Waals surface area contributed by atoms with Crippen molar-refractivity contribution >= 4 is 11.8 Å². The lowest BCUT2D eigenvalue weighted by Gasteiger charge is -2.11. The molecule has 0 bridgehead atoms. The fourth-order valence-electron chi connectivity index (χ4n) is 2.47. The lowest BCUT2D eigenvalue weighted by atomic mass is 10.1. The Morgan fingerprint density at radius 2 is 2.00 bits per heavy atom. The van der Waals surface area contributed by atoms with Gasteiger partial charge in [0.1, 0.15) is 12.4 Å². The summed E-state index contributed by atoms with van der Waals surface area (Å²) in [5.41, 5.74) is 2.14. The molecule has 0 atom stereocenters. The van der Waals surface area contributed by atoms with E-state index in [1.807, 2.05) is 32.0 Å². The highest BCUT2D eigenvalue weighted by atomic mass is 32.2. The van der Waals surface area contributed by atoms with Gasteiger partial charge in [-0.1, -0.05) is 42.0 Å². The third kappa shape index (κ3) is 4.16. The number of aromatic nitrogens is 5. The zero-order valence-corrected chi connectivity index (χ0v) is 15.9. The molecule has 3 aromatic rings. The SMILES string of the molecule is CCCc1noc(CSc2nnc(COc3c(C)cccc3C)n2N)n1. The van der Waals surface area contributed by atoms with Crippen molar-refractivity contribution in [2.24, 2.45) is 0 Å². The van der Waals surface area contributed by atoms with E-state index in [0.717, 1.165) is 35.5 Å². The number of benzene rings is 1. The standard InChI is InChI=1S/C17H22N6O2S/c1-4-6-13-19-15(25-22-13)10-26-17-21-20-14(23(17)18)9-24-16-11(2)7-5-8-12(16)3/h5,7-8H,4,6,9-10,18H2,1-3H3. The van der Waals surface area contributed by atoms with E-state index in [2.05, 4.69) is 27.3 Å². The molecule has 0 saturated carbocycles. The van der Waals surface area contributed by atoms with Crippen LogP contribution >= 0.6 is 11.8 Å². The van der Waals surface area contributed by atoms with Crippen LogP contribution in [0.4, 0.5) is 0 Å². The lowest BCUT2D eigenvalue weighted by molar-refractivity contribution is 0.288. The van der Waals surface area contributed by atoms with Gasteiger partial charge < -0.3 is 15.1 Å². The van der Waals surface area contributed by atoms with Crippen molar-refractivity contribution in [3.63, 3.8) is 0 Å². The second-order valence-electron chi connectivity index (χ2n) is 5.92. The Labute approximate surface area is 156 Å². The largest absolute Gasteiger partial charge is 0.485 e. The average Bonchev–Trinajstić information content (AvgIpc) is 3.20. The molecule has 0 aliphatic rings. The monoisotopic (exact) mass is 374 g/mol. The van der Waals surface area contributed by atoms with Gasteiger partial charge in [0, 0.05) is 6.42 Å². The molecule has 1 aromatic carbocycles. The molecule has 2 heterocycles. The second-order valence-corrected chi connectivity index (χ2v) is 6.86. The molecule has 9 heteroatoms. The first-order valence-electron chi connectivity index (χ1n) is 8.41. The van der Waals surface area contributed by atoms with Gasteiger partial charge in [0.25, 0.3) is 0 Å². The van der Waals surface area contributed by atoms with Crippen LogP contribution in [0, 0.1) is 13.8 Å². The van der Waals surface area contributed by atoms with Gasteiger partial charge in [-0.25, -0.2) is 4.68 Å². The number of hydrogen-bond acceptors (Lipinski definition) is 8. The quantitative estimate of drug-likeness (QED) is 0.474. The highest BCUT2D eigenvalue weighted by Crippen LogP contribution is 2.24. The summed E-state index contributed by atoms with van der Waals surface area (Å²) in [5, 5.41) is 12.7. The maximum absolute atomic E-state index is 6.08. The summed E-state index contributed by atoms with van der Waals surface area (Å²) in [4.78, 5) is 4.33. The van der Waals surface area contributed by atoms with Crippen molar-refractivity contribution in [2.45, 2.75) is 51.1 Å². The highest BCUT2D eigenvalue weighted by molar-refractivity contribution is 7.98. The van der Waals surface area contributed by atoms with Gasteiger partial charge in [0.2, 0.25) is 11.0 Å². The second kappa shape index (κ2) is 8.22. The molecular weight excluding hydrogens is 352 g/mol. The van der Waals surface area contributed by atoms with Crippen molar-refractivity contribution in [1.29, 1.82) is 0 Å². The highest BCUT2D eigenvalue weighted by Gasteiger charge is 2.14. The van der Waals surface area contributed by atoms with Gasteiger partial charge >= 0.3 is 0 Å². The number of rotatable bonds is 8. The van der Waals surface area contributed by atoms with Crippen molar-refractivity contribution in [3.05, 3.63) is 46.9 Å². The molecule has 0 radical (unpaired) electrons. The van der Waals surface area contributed by atoms with E-state index in [9.17, 15) is 0 Å². The van der Waals surface area contributed by atoms with Gasteiger partial charge in [0.15, 0.2) is 11.6 Å². The van der Waals surface area contributed by atoms with Crippen LogP contribution in [0.1, 0.15) is 42.0 Å². The lowest BCUT2D eigenvalue weighted by Crippen LogP contribution is -2.16. The van der Waals surface area contributed by atoms with Crippen LogP contribution in [0.5, 0.6) is 5.75 Å². The Hall–Kier alpha value is -2.55. The van der Waals surface area contributed by atoms with Crippen molar-refractivity contribution < 1.29 is 9.26 Å². The third-order valence-electron chi connectivity index (χ3n) is 3.80. The van der Waals surface area contributed by atoms with E-state index >= 15 is 0 Å². The Bertz CT molecular complexity index is 856. The van der Waals surface area contributed by atoms with Crippen molar-refractivity contribution in [3.8, 4) is 5.75 Å². The van der Waals surface area contributed by atoms with Crippen LogP contribution in [0.3, 0.4) is 0 Å². The molecule has 0 unspecified atom stereocenters. The summed E-state index contributed by atoms with van der Waals surface area (Å²) in [5.74, 6) is 9.24. The van der Waals surface area contributed by atoms with Gasteiger partial charge in [-0.2, -0.15) is 4.98 Å². The van der Waals surface area contributed by atoms with E-state index in [1.54, 1.807) is 0 Å². The fourth-order valence-corrected chi connectivity index (χ4v) is 3.18. The minimum atomic E-state index is 0.247. The third-order valence-corrected chi connectivity index (χ3v) is 4.73. The van der Waals surface area contributed by atoms with Crippen LogP contribution in [0.15, 0.2) is 27.9 Å². The summed E-state index contributed by atoms with van der Waals surface area (Å²) >= 11 is 1.39. The Balaban J connectivity index is 1.60. The minimum absolute atomic E-state index is 0.247. The number of aryl methyl sites for hydroxylation is 3. The van der Waals surface area contributed by atoms with Crippen LogP contribution in [-0.2, 0) is 18.8 Å². The van der Waals surface area contributed by atoms with Crippen LogP contribution in [0.25, 0.3) is 0 Å². The topological polar surface area (TPSA) is 105 Å². The molecule has 8 nitrogen and oxygen atoms in total. The number of nitrogens with two attached hydrogens (primary N) is 1. The van der Waals surface area contributed by atoms with E-state index in [0.29, 0.717) is 22.6 Å². The van der Waals surface area contributed by atoms with Crippen LogP contribution in [0.2, 0.25) is 0 Å².